The fourth-order valence-electron chi connectivity index (χ4n) is 7.10. The number of para-hydroxylation sites is 3. The molecule has 0 aliphatic carbocycles. The third-order valence-corrected chi connectivity index (χ3v) is 10.1. The van der Waals surface area contributed by atoms with E-state index < -0.39 is 18.3 Å². The normalized spacial score (nSPS) is 19.2. The van der Waals surface area contributed by atoms with Crippen LogP contribution in [0.4, 0.5) is 0 Å². The number of ketones is 2. The largest absolute Gasteiger partial charge is 1.00 e. The number of rotatable bonds is 3. The number of fused-ring (bicyclic) bond motifs is 3. The van der Waals surface area contributed by atoms with Crippen LogP contribution in [-0.4, -0.2) is 27.9 Å². The molecule has 2 N–H and O–H groups in total. The zero-order valence-corrected chi connectivity index (χ0v) is 71.6. The van der Waals surface area contributed by atoms with Gasteiger partial charge in [-0.2, -0.15) is 0 Å². The van der Waals surface area contributed by atoms with Gasteiger partial charge in [0.1, 0.15) is 29.5 Å². The maximum atomic E-state index is 12.3. The second-order valence-electron chi connectivity index (χ2n) is 13.6. The molecule has 320 valence electrons. The minimum Gasteiger partial charge on any atom is -0.485 e. The molecule has 0 spiro atoms. The van der Waals surface area contributed by atoms with Gasteiger partial charge in [-0.25, -0.2) is 0 Å². The van der Waals surface area contributed by atoms with Crippen LogP contribution in [0, 0.1) is 56.4 Å². The predicted octanol–water partition coefficient (Wildman–Crippen LogP) is -5.78. The van der Waals surface area contributed by atoms with E-state index in [2.05, 4.69) is 0 Å². The Bertz CT molecular complexity index is 2110. The molecule has 7 unspecified atom stereocenters. The number of aliphatic hydroxyl groups excluding tert-OH is 2. The summed E-state index contributed by atoms with van der Waals surface area (Å²) in [6, 6.07) is 51.4. The van der Waals surface area contributed by atoms with E-state index in [0.717, 1.165) is 28.0 Å². The Labute approximate surface area is 691 Å². The third-order valence-electron chi connectivity index (χ3n) is 10.1. The van der Waals surface area contributed by atoms with Gasteiger partial charge in [0.25, 0.3) is 0 Å². The smallest absolute Gasteiger partial charge is 0.485 e. The first kappa shape index (κ1) is 82.2. The monoisotopic (exact) mass is 1320 g/mol. The van der Waals surface area contributed by atoms with Crippen molar-refractivity contribution in [2.45, 2.75) is 44.4 Å². The molecular formula is C53H60O7Rb6. The maximum absolute atomic E-state index is 12.3. The Balaban J connectivity index is -0.000000187. The first-order valence-corrected chi connectivity index (χ1v) is 18.2. The van der Waals surface area contributed by atoms with E-state index in [-0.39, 0.29) is 429 Å². The minimum atomic E-state index is -1.15. The SMILES string of the molecule is CC1C(=O)c2ccccc2OC1c1ccccc1.CC1C(O)c2ccccc2OC1c1ccccc1.O=C1c2ccccc2OC(c2ccccc2)C1O.[CH3-].[CH3-].[CH3-].[CH3-].[CH3-].[CH3-].[Rb+].[Rb+].[Rb+].[Rb+].[Rb+].[Rb+]. The molecule has 0 fully saturated rings. The number of aliphatic hydroxyl groups is 2. The maximum Gasteiger partial charge on any atom is 1.00 e. The Morgan fingerprint density at radius 3 is 1.14 bits per heavy atom. The van der Waals surface area contributed by atoms with Gasteiger partial charge in [-0.15, -0.1) is 0 Å². The van der Waals surface area contributed by atoms with Crippen LogP contribution in [0.1, 0.15) is 81.2 Å². The first-order chi connectivity index (χ1) is 26.3. The number of hydrogen-bond donors (Lipinski definition) is 2. The molecule has 0 amide bonds. The number of Topliss-reactive ketones (excluding diaryl/α,β-unsaturated/α-hetero) is 2. The summed E-state index contributed by atoms with van der Waals surface area (Å²) in [5.74, 6) is 1.77. The van der Waals surface area contributed by atoms with E-state index in [1.165, 1.54) is 0 Å². The van der Waals surface area contributed by atoms with Crippen LogP contribution in [0.3, 0.4) is 0 Å². The van der Waals surface area contributed by atoms with Crippen LogP contribution >= 0.6 is 0 Å². The Kier molecular flexibility index (Phi) is 52.2. The fraction of sp³-hybridized carbons (Fsp3) is 0.170. The molecule has 66 heavy (non-hydrogen) atoms. The fourth-order valence-corrected chi connectivity index (χ4v) is 7.10. The Hall–Kier alpha value is 4.81. The van der Waals surface area contributed by atoms with Crippen molar-refractivity contribution in [3.8, 4) is 17.2 Å². The van der Waals surface area contributed by atoms with Gasteiger partial charge in [0, 0.05) is 11.5 Å². The number of ether oxygens (including phenoxy) is 3. The second kappa shape index (κ2) is 41.9. The molecule has 0 saturated heterocycles. The molecule has 6 aromatic carbocycles. The molecule has 7 nitrogen and oxygen atoms in total. The molecule has 3 heterocycles. The molecule has 6 aromatic rings. The number of benzene rings is 6. The van der Waals surface area contributed by atoms with Crippen LogP contribution in [-0.2, 0) is 0 Å². The summed E-state index contributed by atoms with van der Waals surface area (Å²) in [6.45, 7) is 3.95. The first-order valence-electron chi connectivity index (χ1n) is 18.2. The van der Waals surface area contributed by atoms with Gasteiger partial charge in [0.2, 0.25) is 0 Å². The van der Waals surface area contributed by atoms with Crippen LogP contribution in [0.25, 0.3) is 0 Å². The van der Waals surface area contributed by atoms with Crippen molar-refractivity contribution in [2.75, 3.05) is 0 Å². The molecule has 3 aliphatic heterocycles. The molecule has 3 aliphatic rings. The quantitative estimate of drug-likeness (QED) is 0.171. The van der Waals surface area contributed by atoms with Crippen molar-refractivity contribution >= 4 is 11.6 Å². The van der Waals surface area contributed by atoms with E-state index in [1.54, 1.807) is 18.2 Å². The van der Waals surface area contributed by atoms with E-state index >= 15 is 0 Å². The van der Waals surface area contributed by atoms with Gasteiger partial charge in [0.15, 0.2) is 23.8 Å². The summed E-state index contributed by atoms with van der Waals surface area (Å²) in [7, 11) is 0. The summed E-state index contributed by atoms with van der Waals surface area (Å²) in [6.07, 6.45) is -2.53. The van der Waals surface area contributed by atoms with Gasteiger partial charge in [-0.3, -0.25) is 9.59 Å². The average molecular weight is 1320 g/mol. The minimum absolute atomic E-state index is 0. The van der Waals surface area contributed by atoms with E-state index in [1.807, 2.05) is 159 Å². The molecule has 0 bridgehead atoms. The Morgan fingerprint density at radius 1 is 0.364 bits per heavy atom. The zero-order chi connectivity index (χ0) is 37.6. The summed E-state index contributed by atoms with van der Waals surface area (Å²) in [5, 5.41) is 20.4. The van der Waals surface area contributed by atoms with Crippen LogP contribution in [0.5, 0.6) is 17.2 Å². The standard InChI is InChI=1S/C16H16O2.C16H14O2.C15H12O3.6CH3.6Rb/c2*1-11-15(17)13-9-5-6-10-14(13)18-16(11)12-7-3-2-4-8-12;16-13-11-8-4-5-9-12(11)18-15(14(13)17)10-6-2-1-3-7-10;;;;;;;;;;;;/h2-11,15-17H,1H3;2-11,16H,1H3;1-9,14-15,17H;6*1H3;;;;;;/q;;;6*-1;6*+1. The van der Waals surface area contributed by atoms with Gasteiger partial charge in [0.05, 0.1) is 23.1 Å². The van der Waals surface area contributed by atoms with Gasteiger partial charge in [-0.1, -0.05) is 147 Å². The summed E-state index contributed by atoms with van der Waals surface area (Å²) >= 11 is 0. The zero-order valence-electron chi connectivity index (χ0n) is 42.1. The number of carbonyl (C=O) groups excluding carboxylic acids is 2. The Morgan fingerprint density at radius 2 is 0.682 bits per heavy atom. The average Bonchev–Trinajstić information content (AvgIpc) is 3.23. The second-order valence-corrected chi connectivity index (χ2v) is 13.6. The van der Waals surface area contributed by atoms with Crippen molar-refractivity contribution in [3.63, 3.8) is 0 Å². The third kappa shape index (κ3) is 21.3. The molecular weight excluding hydrogens is 1260 g/mol. The van der Waals surface area contributed by atoms with Crippen molar-refractivity contribution in [1.82, 2.24) is 0 Å². The molecule has 7 atom stereocenters. The predicted molar refractivity (Wildman–Crippen MR) is 245 cm³/mol. The van der Waals surface area contributed by atoms with Crippen LogP contribution in [0.2, 0.25) is 0 Å². The number of hydrogen-bond acceptors (Lipinski definition) is 7. The molecule has 13 heteroatoms. The van der Waals surface area contributed by atoms with E-state index in [0.29, 0.717) is 22.6 Å². The van der Waals surface area contributed by atoms with E-state index in [4.69, 9.17) is 14.2 Å². The van der Waals surface area contributed by atoms with Crippen LogP contribution in [0.15, 0.2) is 164 Å². The van der Waals surface area contributed by atoms with Crippen molar-refractivity contribution < 1.29 is 383 Å². The van der Waals surface area contributed by atoms with Crippen LogP contribution < -0.4 is 363 Å². The van der Waals surface area contributed by atoms with Gasteiger partial charge < -0.3 is 69.0 Å². The molecule has 9 rings (SSSR count). The topological polar surface area (TPSA) is 102 Å². The van der Waals surface area contributed by atoms with Crippen molar-refractivity contribution in [1.29, 1.82) is 0 Å². The van der Waals surface area contributed by atoms with Gasteiger partial charge in [-0.05, 0) is 47.0 Å². The van der Waals surface area contributed by atoms with E-state index in [9.17, 15) is 19.8 Å². The van der Waals surface area contributed by atoms with Crippen molar-refractivity contribution in [2.24, 2.45) is 11.8 Å². The van der Waals surface area contributed by atoms with Crippen molar-refractivity contribution in [3.05, 3.63) is 242 Å². The molecule has 0 aromatic heterocycles. The summed E-state index contributed by atoms with van der Waals surface area (Å²) < 4.78 is 17.8. The molecule has 0 saturated carbocycles. The molecule has 0 radical (unpaired) electrons. The summed E-state index contributed by atoms with van der Waals surface area (Å²) in [5.41, 5.74) is 4.98. The summed E-state index contributed by atoms with van der Waals surface area (Å²) in [4.78, 5) is 24.4. The van der Waals surface area contributed by atoms with Gasteiger partial charge >= 0.3 is 349 Å². The number of carbonyl (C=O) groups is 2.